The Hall–Kier alpha value is -2.47. The van der Waals surface area contributed by atoms with Gasteiger partial charge in [-0.2, -0.15) is 0 Å². The zero-order chi connectivity index (χ0) is 16.7. The Bertz CT molecular complexity index is 922. The van der Waals surface area contributed by atoms with Gasteiger partial charge in [0.1, 0.15) is 16.9 Å². The first kappa shape index (κ1) is 15.4. The maximum atomic E-state index is 13.3. The van der Waals surface area contributed by atoms with E-state index in [0.29, 0.717) is 5.39 Å². The van der Waals surface area contributed by atoms with Crippen molar-refractivity contribution in [3.05, 3.63) is 52.7 Å². The molecule has 2 aromatic heterocycles. The Morgan fingerprint density at radius 2 is 2.00 bits per heavy atom. The van der Waals surface area contributed by atoms with Crippen molar-refractivity contribution in [1.82, 2.24) is 9.55 Å². The third-order valence-electron chi connectivity index (χ3n) is 3.52. The molecule has 0 saturated carbocycles. The molecule has 118 valence electrons. The average Bonchev–Trinajstić information content (AvgIpc) is 2.85. The van der Waals surface area contributed by atoms with Crippen LogP contribution in [-0.2, 0) is 0 Å². The average molecular weight is 336 g/mol. The minimum Gasteiger partial charge on any atom is -0.529 e. The number of carbonyl (C=O) groups is 1. The number of fused-ring (bicyclic) bond motifs is 1. The molecule has 0 unspecified atom stereocenters. The van der Waals surface area contributed by atoms with Gasteiger partial charge in [0.05, 0.1) is 5.69 Å². The van der Waals surface area contributed by atoms with E-state index in [-0.39, 0.29) is 27.6 Å². The van der Waals surface area contributed by atoms with Crippen molar-refractivity contribution in [2.75, 3.05) is 0 Å². The van der Waals surface area contributed by atoms with Crippen molar-refractivity contribution in [3.8, 4) is 11.3 Å². The molecule has 0 aliphatic carbocycles. The molecule has 3 rings (SSSR count). The maximum absolute atomic E-state index is 13.3. The van der Waals surface area contributed by atoms with Gasteiger partial charge in [0.25, 0.3) is 6.43 Å². The summed E-state index contributed by atoms with van der Waals surface area (Å²) in [6, 6.07) is 8.90. The molecule has 1 aromatic carbocycles. The van der Waals surface area contributed by atoms with Gasteiger partial charge in [-0.3, -0.25) is 4.57 Å². The zero-order valence-electron chi connectivity index (χ0n) is 11.9. The number of aryl methyl sites for hydroxylation is 1. The van der Waals surface area contributed by atoms with Crippen molar-refractivity contribution >= 4 is 28.7 Å². The molecular formula is C16H10ClF2N2O2-. The molecule has 4 nitrogen and oxygen atoms in total. The standard InChI is InChI=1S/C16H11ClF2N2O2/c1-8-2-4-10(14(18)19)11(6-8)12-7-9-3-5-13(17)20-15(9)21(12)16(22)23/h2-7,14H,1H3,(H,22,23)/p-1. The number of carbonyl (C=O) groups excluding carboxylic acids is 1. The fraction of sp³-hybridized carbons (Fsp3) is 0.125. The van der Waals surface area contributed by atoms with Crippen molar-refractivity contribution in [1.29, 1.82) is 0 Å². The normalized spacial score (nSPS) is 11.3. The number of rotatable bonds is 2. The van der Waals surface area contributed by atoms with Crippen LogP contribution in [0.5, 0.6) is 0 Å². The van der Waals surface area contributed by atoms with Crippen LogP contribution in [0.4, 0.5) is 13.6 Å². The largest absolute Gasteiger partial charge is 0.529 e. The second-order valence-electron chi connectivity index (χ2n) is 5.07. The SMILES string of the molecule is Cc1ccc(C(F)F)c(-c2cc3ccc(Cl)nc3n2C(=O)[O-])c1. The first-order chi connectivity index (χ1) is 10.9. The van der Waals surface area contributed by atoms with E-state index >= 15 is 0 Å². The lowest BCUT2D eigenvalue weighted by molar-refractivity contribution is -0.249. The van der Waals surface area contributed by atoms with E-state index in [1.807, 2.05) is 0 Å². The molecule has 0 spiro atoms. The summed E-state index contributed by atoms with van der Waals surface area (Å²) < 4.78 is 27.3. The molecule has 23 heavy (non-hydrogen) atoms. The molecule has 0 bridgehead atoms. The van der Waals surface area contributed by atoms with Crippen LogP contribution in [0.1, 0.15) is 17.6 Å². The summed E-state index contributed by atoms with van der Waals surface area (Å²) in [4.78, 5) is 15.5. The summed E-state index contributed by atoms with van der Waals surface area (Å²) in [6.07, 6.45) is -4.30. The van der Waals surface area contributed by atoms with E-state index in [2.05, 4.69) is 4.98 Å². The zero-order valence-corrected chi connectivity index (χ0v) is 12.6. The summed E-state index contributed by atoms with van der Waals surface area (Å²) in [5.41, 5.74) is 0.721. The Morgan fingerprint density at radius 1 is 1.26 bits per heavy atom. The molecule has 2 heterocycles. The molecule has 0 fully saturated rings. The molecule has 0 saturated heterocycles. The maximum Gasteiger partial charge on any atom is 0.264 e. The second kappa shape index (κ2) is 5.62. The number of benzene rings is 1. The van der Waals surface area contributed by atoms with E-state index in [1.165, 1.54) is 24.3 Å². The lowest BCUT2D eigenvalue weighted by atomic mass is 10.0. The van der Waals surface area contributed by atoms with Gasteiger partial charge in [-0.05, 0) is 31.2 Å². The van der Waals surface area contributed by atoms with Crippen molar-refractivity contribution in [2.45, 2.75) is 13.3 Å². The monoisotopic (exact) mass is 335 g/mol. The number of pyridine rings is 1. The summed E-state index contributed by atoms with van der Waals surface area (Å²) in [6.45, 7) is 1.74. The molecule has 7 heteroatoms. The van der Waals surface area contributed by atoms with Gasteiger partial charge in [0.15, 0.2) is 0 Å². The predicted octanol–water partition coefficient (Wildman–Crippen LogP) is 3.79. The van der Waals surface area contributed by atoms with Crippen molar-refractivity contribution in [3.63, 3.8) is 0 Å². The van der Waals surface area contributed by atoms with E-state index in [4.69, 9.17) is 11.6 Å². The third kappa shape index (κ3) is 2.66. The highest BCUT2D eigenvalue weighted by atomic mass is 35.5. The fourth-order valence-corrected chi connectivity index (χ4v) is 2.66. The fourth-order valence-electron chi connectivity index (χ4n) is 2.52. The predicted molar refractivity (Wildman–Crippen MR) is 80.7 cm³/mol. The first-order valence-electron chi connectivity index (χ1n) is 6.67. The lowest BCUT2D eigenvalue weighted by Gasteiger charge is -2.14. The smallest absolute Gasteiger partial charge is 0.264 e. The summed E-state index contributed by atoms with van der Waals surface area (Å²) >= 11 is 5.80. The number of carboxylic acid groups (broad SMARTS) is 1. The van der Waals surface area contributed by atoms with E-state index in [0.717, 1.165) is 10.1 Å². The van der Waals surface area contributed by atoms with Gasteiger partial charge in [0, 0.05) is 16.5 Å². The number of alkyl halides is 2. The summed E-state index contributed by atoms with van der Waals surface area (Å²) in [5.74, 6) is 0. The molecule has 0 N–H and O–H groups in total. The molecule has 0 radical (unpaired) electrons. The minimum atomic E-state index is -2.74. The quantitative estimate of drug-likeness (QED) is 0.669. The van der Waals surface area contributed by atoms with Gasteiger partial charge in [-0.15, -0.1) is 0 Å². The molecule has 0 aliphatic rings. The van der Waals surface area contributed by atoms with E-state index < -0.39 is 12.5 Å². The van der Waals surface area contributed by atoms with Gasteiger partial charge < -0.3 is 9.90 Å². The van der Waals surface area contributed by atoms with Gasteiger partial charge in [0.2, 0.25) is 0 Å². The highest BCUT2D eigenvalue weighted by molar-refractivity contribution is 6.29. The first-order valence-corrected chi connectivity index (χ1v) is 7.04. The second-order valence-corrected chi connectivity index (χ2v) is 5.46. The van der Waals surface area contributed by atoms with Gasteiger partial charge in [-0.1, -0.05) is 29.3 Å². The number of nitrogens with zero attached hydrogens (tertiary/aromatic N) is 2. The van der Waals surface area contributed by atoms with Crippen LogP contribution in [0.2, 0.25) is 5.15 Å². The minimum absolute atomic E-state index is 0.0502. The number of hydrogen-bond donors (Lipinski definition) is 0. The molecule has 0 atom stereocenters. The third-order valence-corrected chi connectivity index (χ3v) is 3.73. The Balaban J connectivity index is 2.39. The molecule has 0 amide bonds. The molecule has 0 aliphatic heterocycles. The van der Waals surface area contributed by atoms with Crippen LogP contribution in [0.15, 0.2) is 36.4 Å². The van der Waals surface area contributed by atoms with Crippen LogP contribution in [0, 0.1) is 6.92 Å². The number of aromatic nitrogens is 2. The Morgan fingerprint density at radius 3 is 2.65 bits per heavy atom. The van der Waals surface area contributed by atoms with Crippen LogP contribution >= 0.6 is 11.6 Å². The Kier molecular flexibility index (Phi) is 3.77. The van der Waals surface area contributed by atoms with E-state index in [9.17, 15) is 18.7 Å². The number of halogens is 3. The van der Waals surface area contributed by atoms with Crippen molar-refractivity contribution < 1.29 is 18.7 Å². The molecule has 3 aromatic rings. The number of hydrogen-bond acceptors (Lipinski definition) is 3. The van der Waals surface area contributed by atoms with Crippen molar-refractivity contribution in [2.24, 2.45) is 0 Å². The summed E-state index contributed by atoms with van der Waals surface area (Å²) in [7, 11) is 0. The van der Waals surface area contributed by atoms with Crippen LogP contribution in [0.3, 0.4) is 0 Å². The highest BCUT2D eigenvalue weighted by Crippen LogP contribution is 2.35. The van der Waals surface area contributed by atoms with Crippen LogP contribution < -0.4 is 5.11 Å². The summed E-state index contributed by atoms with van der Waals surface area (Å²) in [5, 5.41) is 12.1. The van der Waals surface area contributed by atoms with Crippen LogP contribution in [-0.4, -0.2) is 15.6 Å². The topological polar surface area (TPSA) is 58.0 Å². The molecular weight excluding hydrogens is 326 g/mol. The Labute approximate surface area is 134 Å². The van der Waals surface area contributed by atoms with E-state index in [1.54, 1.807) is 19.1 Å². The van der Waals surface area contributed by atoms with Gasteiger partial charge in [-0.25, -0.2) is 13.8 Å². The van der Waals surface area contributed by atoms with Crippen LogP contribution in [0.25, 0.3) is 22.3 Å². The highest BCUT2D eigenvalue weighted by Gasteiger charge is 2.20. The van der Waals surface area contributed by atoms with Gasteiger partial charge >= 0.3 is 0 Å². The lowest BCUT2D eigenvalue weighted by Crippen LogP contribution is -2.29.